The van der Waals surface area contributed by atoms with Crippen LogP contribution in [-0.2, 0) is 14.0 Å². The van der Waals surface area contributed by atoms with Gasteiger partial charge in [-0.15, -0.1) is 0 Å². The van der Waals surface area contributed by atoms with E-state index in [9.17, 15) is 9.90 Å². The van der Waals surface area contributed by atoms with E-state index in [0.717, 1.165) is 38.3 Å². The summed E-state index contributed by atoms with van der Waals surface area (Å²) in [5, 5.41) is 9.48. The summed E-state index contributed by atoms with van der Waals surface area (Å²) in [7, 11) is -0.396. The van der Waals surface area contributed by atoms with Gasteiger partial charge in [0.2, 0.25) is 0 Å². The molecule has 4 nitrogen and oxygen atoms in total. The smallest absolute Gasteiger partial charge is 0.309 e. The van der Waals surface area contributed by atoms with Crippen molar-refractivity contribution in [2.24, 2.45) is 5.92 Å². The van der Waals surface area contributed by atoms with Crippen LogP contribution in [0.15, 0.2) is 0 Å². The Hall–Kier alpha value is -0.393. The fourth-order valence-corrected chi connectivity index (χ4v) is 3.02. The predicted octanol–water partition coefficient (Wildman–Crippen LogP) is 1.01. The minimum atomic E-state index is -0.396. The SMILES string of the molecule is CCO[SiH2]CCCOC(=O)C1CCCC(O)C1. The van der Waals surface area contributed by atoms with Crippen molar-refractivity contribution >= 4 is 15.7 Å². The van der Waals surface area contributed by atoms with E-state index in [4.69, 9.17) is 9.16 Å². The first-order valence-corrected chi connectivity index (χ1v) is 8.24. The molecule has 1 rings (SSSR count). The molecule has 1 aliphatic rings. The van der Waals surface area contributed by atoms with Crippen LogP contribution in [0.25, 0.3) is 0 Å². The summed E-state index contributed by atoms with van der Waals surface area (Å²) in [6.45, 7) is 3.30. The zero-order valence-electron chi connectivity index (χ0n) is 10.7. The van der Waals surface area contributed by atoms with Crippen LogP contribution in [0.2, 0.25) is 6.04 Å². The maximum absolute atomic E-state index is 11.7. The summed E-state index contributed by atoms with van der Waals surface area (Å²) in [5.74, 6) is -0.204. The van der Waals surface area contributed by atoms with Crippen molar-refractivity contribution in [3.8, 4) is 0 Å². The highest BCUT2D eigenvalue weighted by Crippen LogP contribution is 2.25. The molecule has 0 radical (unpaired) electrons. The Morgan fingerprint density at radius 2 is 2.29 bits per heavy atom. The maximum atomic E-state index is 11.7. The van der Waals surface area contributed by atoms with Crippen molar-refractivity contribution in [1.82, 2.24) is 0 Å². The highest BCUT2D eigenvalue weighted by atomic mass is 28.2. The Morgan fingerprint density at radius 1 is 1.47 bits per heavy atom. The Bertz CT molecular complexity index is 223. The molecule has 0 aliphatic heterocycles. The van der Waals surface area contributed by atoms with Gasteiger partial charge in [0.15, 0.2) is 9.76 Å². The van der Waals surface area contributed by atoms with Crippen molar-refractivity contribution in [1.29, 1.82) is 0 Å². The second-order valence-corrected chi connectivity index (χ2v) is 6.11. The molecule has 2 atom stereocenters. The van der Waals surface area contributed by atoms with Crippen LogP contribution in [0, 0.1) is 5.92 Å². The highest BCUT2D eigenvalue weighted by Gasteiger charge is 2.26. The Labute approximate surface area is 106 Å². The van der Waals surface area contributed by atoms with Crippen molar-refractivity contribution in [2.75, 3.05) is 13.2 Å². The second-order valence-electron chi connectivity index (χ2n) is 4.59. The van der Waals surface area contributed by atoms with Gasteiger partial charge in [-0.05, 0) is 38.7 Å². The van der Waals surface area contributed by atoms with E-state index in [0.29, 0.717) is 13.0 Å². The molecule has 1 fully saturated rings. The molecular weight excluding hydrogens is 236 g/mol. The number of esters is 1. The lowest BCUT2D eigenvalue weighted by Crippen LogP contribution is -2.27. The normalized spacial score (nSPS) is 25.3. The van der Waals surface area contributed by atoms with E-state index in [1.54, 1.807) is 0 Å². The molecule has 100 valence electrons. The monoisotopic (exact) mass is 260 g/mol. The first-order chi connectivity index (χ1) is 8.24. The van der Waals surface area contributed by atoms with Gasteiger partial charge in [-0.3, -0.25) is 4.79 Å². The molecule has 0 aromatic carbocycles. The molecule has 17 heavy (non-hydrogen) atoms. The van der Waals surface area contributed by atoms with Gasteiger partial charge in [0, 0.05) is 6.61 Å². The Kier molecular flexibility index (Phi) is 7.47. The molecule has 0 amide bonds. The average molecular weight is 260 g/mol. The molecule has 5 heteroatoms. The van der Waals surface area contributed by atoms with Crippen LogP contribution in [-0.4, -0.2) is 40.2 Å². The highest BCUT2D eigenvalue weighted by molar-refractivity contribution is 6.26. The van der Waals surface area contributed by atoms with Gasteiger partial charge >= 0.3 is 5.97 Å². The quantitative estimate of drug-likeness (QED) is 0.422. The molecule has 0 spiro atoms. The summed E-state index contributed by atoms with van der Waals surface area (Å²) in [6.07, 6.45) is 3.79. The lowest BCUT2D eigenvalue weighted by Gasteiger charge is -2.24. The molecule has 0 aromatic rings. The molecule has 2 unspecified atom stereocenters. The molecule has 1 aliphatic carbocycles. The third kappa shape index (κ3) is 6.19. The molecule has 0 aromatic heterocycles. The predicted molar refractivity (Wildman–Crippen MR) is 68.5 cm³/mol. The van der Waals surface area contributed by atoms with Crippen molar-refractivity contribution in [3.05, 3.63) is 0 Å². The molecule has 0 bridgehead atoms. The van der Waals surface area contributed by atoms with Gasteiger partial charge in [-0.2, -0.15) is 0 Å². The van der Waals surface area contributed by atoms with E-state index in [2.05, 4.69) is 0 Å². The van der Waals surface area contributed by atoms with Gasteiger partial charge in [0.25, 0.3) is 0 Å². The number of hydrogen-bond acceptors (Lipinski definition) is 4. The minimum absolute atomic E-state index is 0.0807. The number of ether oxygens (including phenoxy) is 1. The van der Waals surface area contributed by atoms with Crippen molar-refractivity contribution < 1.29 is 19.1 Å². The van der Waals surface area contributed by atoms with Crippen LogP contribution in [0.1, 0.15) is 39.0 Å². The van der Waals surface area contributed by atoms with Crippen LogP contribution >= 0.6 is 0 Å². The van der Waals surface area contributed by atoms with Crippen molar-refractivity contribution in [3.63, 3.8) is 0 Å². The van der Waals surface area contributed by atoms with Gasteiger partial charge in [0.1, 0.15) is 0 Å². The average Bonchev–Trinajstić information content (AvgIpc) is 2.33. The first kappa shape index (κ1) is 14.7. The number of aliphatic hydroxyl groups excluding tert-OH is 1. The summed E-state index contributed by atoms with van der Waals surface area (Å²) in [6, 6.07) is 1.06. The zero-order chi connectivity index (χ0) is 12.5. The topological polar surface area (TPSA) is 55.8 Å². The number of carbonyl (C=O) groups is 1. The van der Waals surface area contributed by atoms with E-state index in [1.165, 1.54) is 0 Å². The number of carbonyl (C=O) groups excluding carboxylic acids is 1. The standard InChI is InChI=1S/C12H24O4Si/c1-2-16-17-8-4-7-15-12(14)10-5-3-6-11(13)9-10/h10-11,13H,2-9,17H2,1H3. The number of rotatable bonds is 7. The zero-order valence-corrected chi connectivity index (χ0v) is 12.1. The van der Waals surface area contributed by atoms with Gasteiger partial charge in [-0.25, -0.2) is 0 Å². The van der Waals surface area contributed by atoms with Crippen LogP contribution < -0.4 is 0 Å². The minimum Gasteiger partial charge on any atom is -0.465 e. The summed E-state index contributed by atoms with van der Waals surface area (Å²) in [4.78, 5) is 11.7. The fourth-order valence-electron chi connectivity index (χ4n) is 2.12. The lowest BCUT2D eigenvalue weighted by atomic mass is 9.87. The first-order valence-electron chi connectivity index (χ1n) is 6.66. The van der Waals surface area contributed by atoms with Crippen LogP contribution in [0.3, 0.4) is 0 Å². The maximum Gasteiger partial charge on any atom is 0.309 e. The number of hydrogen-bond donors (Lipinski definition) is 1. The van der Waals surface area contributed by atoms with E-state index >= 15 is 0 Å². The Balaban J connectivity index is 2.04. The third-order valence-corrected chi connectivity index (χ3v) is 4.60. The van der Waals surface area contributed by atoms with Crippen LogP contribution in [0.5, 0.6) is 0 Å². The molecular formula is C12H24O4Si. The third-order valence-electron chi connectivity index (χ3n) is 3.11. The largest absolute Gasteiger partial charge is 0.465 e. The fraction of sp³-hybridized carbons (Fsp3) is 0.917. The van der Waals surface area contributed by atoms with Gasteiger partial charge in [-0.1, -0.05) is 6.42 Å². The van der Waals surface area contributed by atoms with Crippen LogP contribution in [0.4, 0.5) is 0 Å². The van der Waals surface area contributed by atoms with E-state index in [-0.39, 0.29) is 18.0 Å². The molecule has 0 saturated heterocycles. The molecule has 0 heterocycles. The van der Waals surface area contributed by atoms with Gasteiger partial charge < -0.3 is 14.3 Å². The Morgan fingerprint density at radius 3 is 3.00 bits per heavy atom. The summed E-state index contributed by atoms with van der Waals surface area (Å²) < 4.78 is 10.6. The molecule has 1 N–H and O–H groups in total. The summed E-state index contributed by atoms with van der Waals surface area (Å²) in [5.41, 5.74) is 0. The lowest BCUT2D eigenvalue weighted by molar-refractivity contribution is -0.151. The van der Waals surface area contributed by atoms with Gasteiger partial charge in [0.05, 0.1) is 18.6 Å². The molecule has 1 saturated carbocycles. The van der Waals surface area contributed by atoms with Crippen molar-refractivity contribution in [2.45, 2.75) is 51.2 Å². The van der Waals surface area contributed by atoms with E-state index in [1.807, 2.05) is 6.92 Å². The number of aliphatic hydroxyl groups is 1. The summed E-state index contributed by atoms with van der Waals surface area (Å²) >= 11 is 0. The van der Waals surface area contributed by atoms with E-state index < -0.39 is 9.76 Å². The second kappa shape index (κ2) is 8.66.